The van der Waals surface area contributed by atoms with E-state index in [-0.39, 0.29) is 17.9 Å². The van der Waals surface area contributed by atoms with Crippen molar-refractivity contribution in [1.82, 2.24) is 5.32 Å². The molecule has 1 nitrogen and oxygen atoms in total. The van der Waals surface area contributed by atoms with Crippen LogP contribution in [0.2, 0.25) is 0 Å². The normalized spacial score (nSPS) is 23.5. The van der Waals surface area contributed by atoms with Crippen LogP contribution in [0, 0.1) is 0 Å². The van der Waals surface area contributed by atoms with Gasteiger partial charge in [0, 0.05) is 16.2 Å². The second kappa shape index (κ2) is 8.23. The fourth-order valence-corrected chi connectivity index (χ4v) is 4.80. The van der Waals surface area contributed by atoms with E-state index in [1.807, 2.05) is 11.8 Å². The maximum Gasteiger partial charge on any atom is 0.0592 e. The Labute approximate surface area is 150 Å². The van der Waals surface area contributed by atoms with Crippen LogP contribution in [-0.4, -0.2) is 11.3 Å². The zero-order chi connectivity index (χ0) is 15.4. The lowest BCUT2D eigenvalue weighted by Gasteiger charge is -2.36. The molecule has 0 aliphatic carbocycles. The first-order valence-corrected chi connectivity index (χ1v) is 9.31. The molecular weight excluding hydrogens is 322 g/mol. The van der Waals surface area contributed by atoms with E-state index in [9.17, 15) is 0 Å². The third-order valence-corrected chi connectivity index (χ3v) is 6.10. The third kappa shape index (κ3) is 3.93. The van der Waals surface area contributed by atoms with Crippen LogP contribution < -0.4 is 5.32 Å². The van der Waals surface area contributed by atoms with Crippen molar-refractivity contribution in [2.45, 2.75) is 49.6 Å². The minimum Gasteiger partial charge on any atom is -0.300 e. The second-order valence-electron chi connectivity index (χ2n) is 6.20. The van der Waals surface area contributed by atoms with E-state index in [0.717, 1.165) is 5.75 Å². The molecule has 0 saturated heterocycles. The summed E-state index contributed by atoms with van der Waals surface area (Å²) in [4.78, 5) is 1.43. The largest absolute Gasteiger partial charge is 0.300 e. The Bertz CT molecular complexity index is 616. The van der Waals surface area contributed by atoms with Crippen LogP contribution in [-0.2, 0) is 0 Å². The van der Waals surface area contributed by atoms with Crippen molar-refractivity contribution in [3.05, 3.63) is 65.7 Å². The number of fused-ring (bicyclic) bond motifs is 1. The van der Waals surface area contributed by atoms with Gasteiger partial charge in [-0.3, -0.25) is 5.32 Å². The van der Waals surface area contributed by atoms with Gasteiger partial charge in [0.1, 0.15) is 0 Å². The maximum atomic E-state index is 4.03. The van der Waals surface area contributed by atoms with Crippen LogP contribution in [0.25, 0.3) is 0 Å². The minimum atomic E-state index is 0. The Kier molecular flexibility index (Phi) is 6.58. The zero-order valence-corrected chi connectivity index (χ0v) is 15.6. The van der Waals surface area contributed by atoms with Crippen molar-refractivity contribution in [2.24, 2.45) is 0 Å². The minimum absolute atomic E-state index is 0. The van der Waals surface area contributed by atoms with E-state index in [2.05, 4.69) is 73.8 Å². The molecule has 1 heterocycles. The number of hydrogen-bond donors (Lipinski definition) is 1. The van der Waals surface area contributed by atoms with Gasteiger partial charge in [-0.25, -0.2) is 0 Å². The molecule has 3 rings (SSSR count). The average molecular weight is 348 g/mol. The van der Waals surface area contributed by atoms with E-state index in [4.69, 9.17) is 0 Å². The molecule has 23 heavy (non-hydrogen) atoms. The van der Waals surface area contributed by atoms with Crippen molar-refractivity contribution in [3.63, 3.8) is 0 Å². The van der Waals surface area contributed by atoms with Gasteiger partial charge in [-0.05, 0) is 30.0 Å². The highest BCUT2D eigenvalue weighted by Crippen LogP contribution is 2.40. The summed E-state index contributed by atoms with van der Waals surface area (Å²) in [6, 6.07) is 20.0. The summed E-state index contributed by atoms with van der Waals surface area (Å²) in [6.07, 6.45) is 3.62. The molecular formula is C20H26ClNS. The van der Waals surface area contributed by atoms with Crippen molar-refractivity contribution in [2.75, 3.05) is 5.75 Å². The van der Waals surface area contributed by atoms with E-state index in [0.29, 0.717) is 6.04 Å². The molecule has 2 aromatic carbocycles. The molecule has 0 spiro atoms. The van der Waals surface area contributed by atoms with E-state index in [1.165, 1.54) is 35.3 Å². The molecule has 1 N–H and O–H groups in total. The highest BCUT2D eigenvalue weighted by molar-refractivity contribution is 7.99. The summed E-state index contributed by atoms with van der Waals surface area (Å²) in [6.45, 7) is 4.61. The van der Waals surface area contributed by atoms with Gasteiger partial charge in [-0.15, -0.1) is 24.2 Å². The maximum absolute atomic E-state index is 4.03. The summed E-state index contributed by atoms with van der Waals surface area (Å²) < 4.78 is 0. The molecule has 1 aliphatic rings. The number of thioether (sulfide) groups is 1. The Hall–Kier alpha value is -0.960. The smallest absolute Gasteiger partial charge is 0.0592 e. The molecule has 0 radical (unpaired) electrons. The lowest BCUT2D eigenvalue weighted by molar-refractivity contribution is 0.303. The molecule has 0 bridgehead atoms. The molecule has 124 valence electrons. The monoisotopic (exact) mass is 347 g/mol. The Morgan fingerprint density at radius 2 is 1.74 bits per heavy atom. The number of rotatable bonds is 4. The van der Waals surface area contributed by atoms with Gasteiger partial charge in [-0.2, -0.15) is 0 Å². The molecule has 2 atom stereocenters. The predicted molar refractivity (Wildman–Crippen MR) is 104 cm³/mol. The highest BCUT2D eigenvalue weighted by Gasteiger charge is 2.34. The van der Waals surface area contributed by atoms with E-state index >= 15 is 0 Å². The standard InChI is InChI=1S/C20H25NS.ClH/c1-3-14-20(4-2)15-22-18-13-9-8-12-17(18)19(21-20)16-10-6-5-7-11-16;/h5-13,19,21H,3-4,14-15H2,1-2H3;1H. The predicted octanol–water partition coefficient (Wildman–Crippen LogP) is 5.84. The zero-order valence-electron chi connectivity index (χ0n) is 13.9. The fourth-order valence-electron chi connectivity index (χ4n) is 3.40. The topological polar surface area (TPSA) is 12.0 Å². The second-order valence-corrected chi connectivity index (χ2v) is 7.22. The van der Waals surface area contributed by atoms with Gasteiger partial charge < -0.3 is 0 Å². The fraction of sp³-hybridized carbons (Fsp3) is 0.400. The summed E-state index contributed by atoms with van der Waals surface area (Å²) >= 11 is 2.02. The summed E-state index contributed by atoms with van der Waals surface area (Å²) in [5.74, 6) is 1.15. The average Bonchev–Trinajstić information content (AvgIpc) is 2.74. The van der Waals surface area contributed by atoms with E-state index < -0.39 is 0 Å². The van der Waals surface area contributed by atoms with Crippen LogP contribution in [0.3, 0.4) is 0 Å². The van der Waals surface area contributed by atoms with Crippen molar-refractivity contribution >= 4 is 24.2 Å². The van der Waals surface area contributed by atoms with Crippen LogP contribution in [0.1, 0.15) is 50.3 Å². The number of hydrogen-bond acceptors (Lipinski definition) is 2. The first-order valence-electron chi connectivity index (χ1n) is 8.32. The Balaban J connectivity index is 0.00000192. The van der Waals surface area contributed by atoms with Gasteiger partial charge in [0.15, 0.2) is 0 Å². The van der Waals surface area contributed by atoms with Crippen molar-refractivity contribution in [3.8, 4) is 0 Å². The van der Waals surface area contributed by atoms with Crippen molar-refractivity contribution in [1.29, 1.82) is 0 Å². The van der Waals surface area contributed by atoms with Crippen molar-refractivity contribution < 1.29 is 0 Å². The van der Waals surface area contributed by atoms with Gasteiger partial charge in [0.2, 0.25) is 0 Å². The molecule has 0 fully saturated rings. The third-order valence-electron chi connectivity index (χ3n) is 4.72. The van der Waals surface area contributed by atoms with Gasteiger partial charge in [0.05, 0.1) is 6.04 Å². The summed E-state index contributed by atoms with van der Waals surface area (Å²) in [7, 11) is 0. The van der Waals surface area contributed by atoms with E-state index in [1.54, 1.807) is 0 Å². The van der Waals surface area contributed by atoms with Crippen LogP contribution in [0.15, 0.2) is 59.5 Å². The van der Waals surface area contributed by atoms with Gasteiger partial charge in [0.25, 0.3) is 0 Å². The number of benzene rings is 2. The number of halogens is 1. The lowest BCUT2D eigenvalue weighted by atomic mass is 9.89. The molecule has 2 aromatic rings. The first-order chi connectivity index (χ1) is 10.8. The van der Waals surface area contributed by atoms with Gasteiger partial charge >= 0.3 is 0 Å². The summed E-state index contributed by atoms with van der Waals surface area (Å²) in [5.41, 5.74) is 3.01. The molecule has 0 aromatic heterocycles. The molecule has 1 aliphatic heterocycles. The van der Waals surface area contributed by atoms with Gasteiger partial charge in [-0.1, -0.05) is 68.8 Å². The first kappa shape index (κ1) is 18.4. The van der Waals surface area contributed by atoms with Crippen LogP contribution in [0.5, 0.6) is 0 Å². The quantitative estimate of drug-likeness (QED) is 0.745. The number of nitrogens with one attached hydrogen (secondary N) is 1. The molecule has 0 saturated carbocycles. The molecule has 0 amide bonds. The van der Waals surface area contributed by atoms with Crippen LogP contribution >= 0.6 is 24.2 Å². The Morgan fingerprint density at radius 3 is 2.43 bits per heavy atom. The molecule has 3 heteroatoms. The molecule has 2 unspecified atom stereocenters. The Morgan fingerprint density at radius 1 is 1.04 bits per heavy atom. The SMILES string of the molecule is CCCC1(CC)CSc2ccccc2C(c2ccccc2)N1.Cl. The summed E-state index contributed by atoms with van der Waals surface area (Å²) in [5, 5.41) is 4.03. The van der Waals surface area contributed by atoms with Crippen LogP contribution in [0.4, 0.5) is 0 Å². The highest BCUT2D eigenvalue weighted by atomic mass is 35.5. The lowest BCUT2D eigenvalue weighted by Crippen LogP contribution is -2.48.